The van der Waals surface area contributed by atoms with Crippen LogP contribution in [0.5, 0.6) is 0 Å². The van der Waals surface area contributed by atoms with Crippen LogP contribution in [0.4, 0.5) is 0 Å². The molecule has 0 aliphatic heterocycles. The SMILES string of the molecule is COCCOCCC1CC(C(C)(C)C)CCC1N. The van der Waals surface area contributed by atoms with Crippen LogP contribution in [0.2, 0.25) is 0 Å². The molecule has 3 atom stereocenters. The van der Waals surface area contributed by atoms with Crippen LogP contribution in [-0.4, -0.2) is 33.0 Å². The summed E-state index contributed by atoms with van der Waals surface area (Å²) < 4.78 is 10.5. The van der Waals surface area contributed by atoms with Gasteiger partial charge in [-0.1, -0.05) is 20.8 Å². The highest BCUT2D eigenvalue weighted by Crippen LogP contribution is 2.40. The van der Waals surface area contributed by atoms with E-state index in [9.17, 15) is 0 Å². The van der Waals surface area contributed by atoms with Gasteiger partial charge in [-0.15, -0.1) is 0 Å². The Morgan fingerprint density at radius 1 is 1.11 bits per heavy atom. The Morgan fingerprint density at radius 3 is 2.44 bits per heavy atom. The van der Waals surface area contributed by atoms with Crippen molar-refractivity contribution in [2.75, 3.05) is 26.9 Å². The topological polar surface area (TPSA) is 44.5 Å². The smallest absolute Gasteiger partial charge is 0.0700 e. The Bertz CT molecular complexity index is 225. The second kappa shape index (κ2) is 7.46. The lowest BCUT2D eigenvalue weighted by molar-refractivity contribution is 0.0498. The molecule has 18 heavy (non-hydrogen) atoms. The van der Waals surface area contributed by atoms with Gasteiger partial charge in [-0.05, 0) is 42.9 Å². The van der Waals surface area contributed by atoms with Crippen molar-refractivity contribution < 1.29 is 9.47 Å². The van der Waals surface area contributed by atoms with Gasteiger partial charge >= 0.3 is 0 Å². The van der Waals surface area contributed by atoms with E-state index in [0.717, 1.165) is 18.9 Å². The molecule has 1 aliphatic carbocycles. The highest BCUT2D eigenvalue weighted by molar-refractivity contribution is 4.87. The lowest BCUT2D eigenvalue weighted by Gasteiger charge is -2.40. The summed E-state index contributed by atoms with van der Waals surface area (Å²) in [5, 5.41) is 0. The van der Waals surface area contributed by atoms with Crippen molar-refractivity contribution in [3.63, 3.8) is 0 Å². The number of rotatable bonds is 6. The molecule has 0 aromatic carbocycles. The van der Waals surface area contributed by atoms with Crippen molar-refractivity contribution in [1.29, 1.82) is 0 Å². The van der Waals surface area contributed by atoms with E-state index in [1.807, 2.05) is 0 Å². The first-order chi connectivity index (χ1) is 8.45. The van der Waals surface area contributed by atoms with Crippen LogP contribution in [0, 0.1) is 17.3 Å². The minimum absolute atomic E-state index is 0.370. The summed E-state index contributed by atoms with van der Waals surface area (Å²) in [4.78, 5) is 0. The largest absolute Gasteiger partial charge is 0.382 e. The summed E-state index contributed by atoms with van der Waals surface area (Å²) in [5.41, 5.74) is 6.66. The summed E-state index contributed by atoms with van der Waals surface area (Å²) >= 11 is 0. The molecular formula is C15H31NO2. The Kier molecular flexibility index (Phi) is 6.61. The maximum Gasteiger partial charge on any atom is 0.0700 e. The van der Waals surface area contributed by atoms with E-state index in [-0.39, 0.29) is 0 Å². The van der Waals surface area contributed by atoms with E-state index in [1.54, 1.807) is 7.11 Å². The number of hydrogen-bond donors (Lipinski definition) is 1. The zero-order valence-corrected chi connectivity index (χ0v) is 12.6. The normalized spacial score (nSPS) is 29.5. The zero-order chi connectivity index (χ0) is 13.6. The van der Waals surface area contributed by atoms with Crippen LogP contribution in [0.25, 0.3) is 0 Å². The predicted octanol–water partition coefficient (Wildman–Crippen LogP) is 2.83. The average molecular weight is 257 g/mol. The molecule has 0 heterocycles. The van der Waals surface area contributed by atoms with Gasteiger partial charge in [-0.2, -0.15) is 0 Å². The van der Waals surface area contributed by atoms with Crippen LogP contribution in [0.3, 0.4) is 0 Å². The van der Waals surface area contributed by atoms with Gasteiger partial charge in [0.1, 0.15) is 0 Å². The molecule has 3 nitrogen and oxygen atoms in total. The first-order valence-corrected chi connectivity index (χ1v) is 7.27. The molecule has 0 amide bonds. The highest BCUT2D eigenvalue weighted by atomic mass is 16.5. The van der Waals surface area contributed by atoms with Gasteiger partial charge in [0.25, 0.3) is 0 Å². The highest BCUT2D eigenvalue weighted by Gasteiger charge is 2.33. The van der Waals surface area contributed by atoms with Crippen LogP contribution < -0.4 is 5.73 Å². The van der Waals surface area contributed by atoms with Gasteiger partial charge in [0.2, 0.25) is 0 Å². The van der Waals surface area contributed by atoms with E-state index < -0.39 is 0 Å². The molecule has 3 heteroatoms. The summed E-state index contributed by atoms with van der Waals surface area (Å²) in [6, 6.07) is 0.370. The molecule has 0 bridgehead atoms. The van der Waals surface area contributed by atoms with E-state index in [0.29, 0.717) is 30.6 Å². The van der Waals surface area contributed by atoms with Crippen molar-refractivity contribution in [3.05, 3.63) is 0 Å². The summed E-state index contributed by atoms with van der Waals surface area (Å²) in [6.07, 6.45) is 4.81. The van der Waals surface area contributed by atoms with Crippen LogP contribution in [-0.2, 0) is 9.47 Å². The van der Waals surface area contributed by atoms with Crippen LogP contribution in [0.15, 0.2) is 0 Å². The molecule has 2 N–H and O–H groups in total. The minimum Gasteiger partial charge on any atom is -0.382 e. The van der Waals surface area contributed by atoms with Crippen molar-refractivity contribution in [2.45, 2.75) is 52.5 Å². The van der Waals surface area contributed by atoms with Gasteiger partial charge < -0.3 is 15.2 Å². The zero-order valence-electron chi connectivity index (χ0n) is 12.6. The summed E-state index contributed by atoms with van der Waals surface area (Å²) in [7, 11) is 1.70. The molecule has 108 valence electrons. The molecule has 1 fully saturated rings. The quantitative estimate of drug-likeness (QED) is 0.744. The molecule has 1 saturated carbocycles. The van der Waals surface area contributed by atoms with Gasteiger partial charge in [0.05, 0.1) is 13.2 Å². The Labute approximate surface area is 112 Å². The van der Waals surface area contributed by atoms with Crippen molar-refractivity contribution in [1.82, 2.24) is 0 Å². The van der Waals surface area contributed by atoms with Gasteiger partial charge in [-0.3, -0.25) is 0 Å². The number of methoxy groups -OCH3 is 1. The standard InChI is InChI=1S/C15H31NO2/c1-15(2,3)13-5-6-14(16)12(11-13)7-8-18-10-9-17-4/h12-14H,5-11,16H2,1-4H3. The van der Waals surface area contributed by atoms with Gasteiger partial charge in [-0.25, -0.2) is 0 Å². The van der Waals surface area contributed by atoms with E-state index in [2.05, 4.69) is 20.8 Å². The molecule has 1 rings (SSSR count). The molecule has 0 radical (unpaired) electrons. The summed E-state index contributed by atoms with van der Waals surface area (Å²) in [6.45, 7) is 9.24. The van der Waals surface area contributed by atoms with Crippen LogP contribution >= 0.6 is 0 Å². The molecule has 0 aromatic heterocycles. The molecular weight excluding hydrogens is 226 g/mol. The van der Waals surface area contributed by atoms with E-state index in [4.69, 9.17) is 15.2 Å². The third-order valence-electron chi connectivity index (χ3n) is 4.33. The molecule has 1 aliphatic rings. The number of hydrogen-bond acceptors (Lipinski definition) is 3. The first-order valence-electron chi connectivity index (χ1n) is 7.27. The van der Waals surface area contributed by atoms with Crippen molar-refractivity contribution in [3.8, 4) is 0 Å². The predicted molar refractivity (Wildman–Crippen MR) is 75.6 cm³/mol. The average Bonchev–Trinajstić information content (AvgIpc) is 2.29. The minimum atomic E-state index is 0.370. The van der Waals surface area contributed by atoms with Crippen molar-refractivity contribution >= 4 is 0 Å². The lowest BCUT2D eigenvalue weighted by Crippen LogP contribution is -2.40. The van der Waals surface area contributed by atoms with Gasteiger partial charge in [0, 0.05) is 19.8 Å². The van der Waals surface area contributed by atoms with E-state index >= 15 is 0 Å². The Balaban J connectivity index is 2.29. The fraction of sp³-hybridized carbons (Fsp3) is 1.00. The maximum absolute atomic E-state index is 6.25. The first kappa shape index (κ1) is 15.9. The Morgan fingerprint density at radius 2 is 1.83 bits per heavy atom. The van der Waals surface area contributed by atoms with Crippen molar-refractivity contribution in [2.24, 2.45) is 23.0 Å². The second-order valence-electron chi connectivity index (χ2n) is 6.69. The third-order valence-corrected chi connectivity index (χ3v) is 4.33. The molecule has 0 saturated heterocycles. The van der Waals surface area contributed by atoms with Gasteiger partial charge in [0.15, 0.2) is 0 Å². The fourth-order valence-corrected chi connectivity index (χ4v) is 2.88. The molecule has 0 aromatic rings. The third kappa shape index (κ3) is 5.25. The fourth-order valence-electron chi connectivity index (χ4n) is 2.88. The van der Waals surface area contributed by atoms with Crippen LogP contribution in [0.1, 0.15) is 46.5 Å². The summed E-state index contributed by atoms with van der Waals surface area (Å²) in [5.74, 6) is 1.44. The number of ether oxygens (including phenoxy) is 2. The maximum atomic E-state index is 6.25. The van der Waals surface area contributed by atoms with E-state index in [1.165, 1.54) is 19.3 Å². The molecule has 3 unspecified atom stereocenters. The molecule has 0 spiro atoms. The monoisotopic (exact) mass is 257 g/mol. The number of nitrogens with two attached hydrogens (primary N) is 1. The lowest BCUT2D eigenvalue weighted by atomic mass is 9.67. The second-order valence-corrected chi connectivity index (χ2v) is 6.69. The Hall–Kier alpha value is -0.120.